The third-order valence-electron chi connectivity index (χ3n) is 6.23. The lowest BCUT2D eigenvalue weighted by Gasteiger charge is -2.36. The van der Waals surface area contributed by atoms with Gasteiger partial charge in [-0.25, -0.2) is 4.79 Å². The number of urea groups is 1. The molecule has 3 atom stereocenters. The summed E-state index contributed by atoms with van der Waals surface area (Å²) in [4.78, 5) is 27.1. The van der Waals surface area contributed by atoms with Crippen molar-refractivity contribution in [1.29, 1.82) is 0 Å². The Kier molecular flexibility index (Phi) is 8.80. The van der Waals surface area contributed by atoms with Crippen LogP contribution in [0.4, 0.5) is 10.5 Å². The van der Waals surface area contributed by atoms with Crippen LogP contribution >= 0.6 is 0 Å². The number of morpholine rings is 1. The zero-order chi connectivity index (χ0) is 23.8. The van der Waals surface area contributed by atoms with Gasteiger partial charge in [-0.1, -0.05) is 0 Å². The Hall–Kier alpha value is -2.60. The Bertz CT molecular complexity index is 834. The summed E-state index contributed by atoms with van der Waals surface area (Å²) in [5, 5.41) is 18.4. The predicted molar refractivity (Wildman–Crippen MR) is 123 cm³/mol. The highest BCUT2D eigenvalue weighted by Gasteiger charge is 2.33. The van der Waals surface area contributed by atoms with Crippen molar-refractivity contribution in [1.82, 2.24) is 15.5 Å². The molecule has 34 heavy (non-hydrogen) atoms. The van der Waals surface area contributed by atoms with Crippen LogP contribution in [0.5, 0.6) is 11.5 Å². The number of aliphatic hydroxyl groups excluding tert-OH is 1. The minimum atomic E-state index is -0.574. The lowest BCUT2D eigenvalue weighted by atomic mass is 9.97. The fraction of sp³-hybridized carbons (Fsp3) is 0.652. The van der Waals surface area contributed by atoms with Crippen molar-refractivity contribution in [3.63, 3.8) is 0 Å². The summed E-state index contributed by atoms with van der Waals surface area (Å²) in [6.07, 6.45) is 1.49. The molecule has 4 rings (SSSR count). The van der Waals surface area contributed by atoms with E-state index in [2.05, 4.69) is 20.9 Å². The number of hydrogen-bond acceptors (Lipinski definition) is 8. The first kappa shape index (κ1) is 24.5. The highest BCUT2D eigenvalue weighted by Crippen LogP contribution is 2.34. The number of aliphatic hydroxyl groups is 1. The van der Waals surface area contributed by atoms with E-state index < -0.39 is 12.1 Å². The lowest BCUT2D eigenvalue weighted by molar-refractivity contribution is -0.130. The summed E-state index contributed by atoms with van der Waals surface area (Å²) in [5.74, 6) is 1.16. The molecule has 0 saturated carbocycles. The van der Waals surface area contributed by atoms with E-state index in [0.29, 0.717) is 36.6 Å². The number of benzene rings is 1. The van der Waals surface area contributed by atoms with Crippen LogP contribution in [0, 0.1) is 0 Å². The molecular formula is C23H34N4O7. The van der Waals surface area contributed by atoms with Crippen molar-refractivity contribution in [2.24, 2.45) is 0 Å². The Morgan fingerprint density at radius 2 is 1.94 bits per heavy atom. The van der Waals surface area contributed by atoms with Gasteiger partial charge >= 0.3 is 6.03 Å². The second kappa shape index (κ2) is 12.2. The van der Waals surface area contributed by atoms with Gasteiger partial charge < -0.3 is 40.0 Å². The first-order valence-corrected chi connectivity index (χ1v) is 11.9. The zero-order valence-corrected chi connectivity index (χ0v) is 19.3. The molecule has 2 fully saturated rings. The van der Waals surface area contributed by atoms with Gasteiger partial charge in [0.05, 0.1) is 38.4 Å². The van der Waals surface area contributed by atoms with Crippen LogP contribution in [0.15, 0.2) is 18.2 Å². The molecular weight excluding hydrogens is 444 g/mol. The molecule has 188 valence electrons. The smallest absolute Gasteiger partial charge is 0.319 e. The molecule has 11 nitrogen and oxygen atoms in total. The second-order valence-corrected chi connectivity index (χ2v) is 8.69. The highest BCUT2D eigenvalue weighted by molar-refractivity contribution is 5.90. The molecule has 4 N–H and O–H groups in total. The van der Waals surface area contributed by atoms with E-state index in [1.54, 1.807) is 18.2 Å². The first-order valence-electron chi connectivity index (χ1n) is 11.9. The van der Waals surface area contributed by atoms with Gasteiger partial charge in [-0.05, 0) is 37.9 Å². The molecule has 3 aliphatic rings. The number of anilines is 1. The van der Waals surface area contributed by atoms with E-state index in [1.165, 1.54) is 0 Å². The van der Waals surface area contributed by atoms with Gasteiger partial charge in [0.1, 0.15) is 6.10 Å². The Balaban J connectivity index is 1.15. The maximum absolute atomic E-state index is 12.5. The van der Waals surface area contributed by atoms with E-state index in [0.717, 1.165) is 39.3 Å². The number of carbonyl (C=O) groups is 2. The quantitative estimate of drug-likeness (QED) is 0.381. The third-order valence-corrected chi connectivity index (χ3v) is 6.23. The number of hydrogen-bond donors (Lipinski definition) is 4. The second-order valence-electron chi connectivity index (χ2n) is 8.69. The molecule has 0 radical (unpaired) electrons. The van der Waals surface area contributed by atoms with Gasteiger partial charge in [-0.2, -0.15) is 0 Å². The molecule has 3 amide bonds. The van der Waals surface area contributed by atoms with Crippen LogP contribution < -0.4 is 25.4 Å². The van der Waals surface area contributed by atoms with Gasteiger partial charge in [0, 0.05) is 31.4 Å². The molecule has 3 heterocycles. The number of ether oxygens (including phenoxy) is 4. The van der Waals surface area contributed by atoms with Crippen molar-refractivity contribution >= 4 is 17.6 Å². The molecule has 0 aromatic heterocycles. The highest BCUT2D eigenvalue weighted by atomic mass is 16.7. The monoisotopic (exact) mass is 478 g/mol. The SMILES string of the molecule is O=C(C[C@@H]1CC[C@@H](NC(=O)Nc2ccc3c(c2)OCO3)[C@@H](CO)O1)NCCCN1CCOCC1. The standard InChI is InChI=1S/C23H34N4O7/c28-14-21-18(26-23(30)25-16-2-5-19-20(12-16)33-15-32-19)4-3-17(34-21)13-22(29)24-6-1-7-27-8-10-31-11-9-27/h2,5,12,17-18,21,28H,1,3-4,6-11,13-15H2,(H,24,29)(H2,25,26,30)/t17-,18+,21+/m0/s1. The van der Waals surface area contributed by atoms with Gasteiger partial charge in [-0.15, -0.1) is 0 Å². The fourth-order valence-electron chi connectivity index (χ4n) is 4.39. The van der Waals surface area contributed by atoms with Gasteiger partial charge in [0.15, 0.2) is 11.5 Å². The number of carbonyl (C=O) groups excluding carboxylic acids is 2. The van der Waals surface area contributed by atoms with Crippen molar-refractivity contribution in [2.45, 2.75) is 43.9 Å². The van der Waals surface area contributed by atoms with E-state index in [-0.39, 0.29) is 37.9 Å². The third kappa shape index (κ3) is 6.95. The van der Waals surface area contributed by atoms with Crippen molar-refractivity contribution in [2.75, 3.05) is 58.1 Å². The molecule has 1 aromatic rings. The topological polar surface area (TPSA) is 131 Å². The maximum Gasteiger partial charge on any atom is 0.319 e. The van der Waals surface area contributed by atoms with Crippen LogP contribution in [-0.2, 0) is 14.3 Å². The molecule has 2 saturated heterocycles. The van der Waals surface area contributed by atoms with Crippen LogP contribution in [-0.4, -0.2) is 93.0 Å². The van der Waals surface area contributed by atoms with Crippen LogP contribution in [0.1, 0.15) is 25.7 Å². The van der Waals surface area contributed by atoms with E-state index >= 15 is 0 Å². The Morgan fingerprint density at radius 3 is 2.76 bits per heavy atom. The minimum Gasteiger partial charge on any atom is -0.454 e. The Morgan fingerprint density at radius 1 is 1.12 bits per heavy atom. The number of rotatable bonds is 9. The number of nitrogens with zero attached hydrogens (tertiary/aromatic N) is 1. The normalized spacial score (nSPS) is 24.4. The molecule has 0 bridgehead atoms. The zero-order valence-electron chi connectivity index (χ0n) is 19.3. The number of amides is 3. The summed E-state index contributed by atoms with van der Waals surface area (Å²) >= 11 is 0. The summed E-state index contributed by atoms with van der Waals surface area (Å²) < 4.78 is 21.8. The lowest BCUT2D eigenvalue weighted by Crippen LogP contribution is -2.52. The van der Waals surface area contributed by atoms with E-state index in [4.69, 9.17) is 18.9 Å². The molecule has 0 aliphatic carbocycles. The Labute approximate surface area is 199 Å². The summed E-state index contributed by atoms with van der Waals surface area (Å²) in [6.45, 7) is 4.91. The molecule has 11 heteroatoms. The number of nitrogens with one attached hydrogen (secondary N) is 3. The van der Waals surface area contributed by atoms with Gasteiger partial charge in [-0.3, -0.25) is 9.69 Å². The van der Waals surface area contributed by atoms with Gasteiger partial charge in [0.25, 0.3) is 0 Å². The van der Waals surface area contributed by atoms with Crippen LogP contribution in [0.3, 0.4) is 0 Å². The van der Waals surface area contributed by atoms with E-state index in [1.807, 2.05) is 0 Å². The average molecular weight is 479 g/mol. The molecule has 0 unspecified atom stereocenters. The largest absolute Gasteiger partial charge is 0.454 e. The molecule has 3 aliphatic heterocycles. The van der Waals surface area contributed by atoms with Crippen molar-refractivity contribution in [3.05, 3.63) is 18.2 Å². The summed E-state index contributed by atoms with van der Waals surface area (Å²) in [5.41, 5.74) is 0.571. The predicted octanol–water partition coefficient (Wildman–Crippen LogP) is 0.674. The van der Waals surface area contributed by atoms with Crippen LogP contribution in [0.2, 0.25) is 0 Å². The van der Waals surface area contributed by atoms with Crippen molar-refractivity contribution in [3.8, 4) is 11.5 Å². The van der Waals surface area contributed by atoms with E-state index in [9.17, 15) is 14.7 Å². The average Bonchev–Trinajstić information content (AvgIpc) is 3.31. The summed E-state index contributed by atoms with van der Waals surface area (Å²) in [6, 6.07) is 4.40. The fourth-order valence-corrected chi connectivity index (χ4v) is 4.39. The molecule has 0 spiro atoms. The van der Waals surface area contributed by atoms with Crippen LogP contribution in [0.25, 0.3) is 0 Å². The summed E-state index contributed by atoms with van der Waals surface area (Å²) in [7, 11) is 0. The maximum atomic E-state index is 12.5. The molecule has 1 aromatic carbocycles. The minimum absolute atomic E-state index is 0.0596. The van der Waals surface area contributed by atoms with Crippen molar-refractivity contribution < 1.29 is 33.6 Å². The first-order chi connectivity index (χ1) is 16.6. The number of fused-ring (bicyclic) bond motifs is 1. The van der Waals surface area contributed by atoms with Gasteiger partial charge in [0.2, 0.25) is 12.7 Å².